The van der Waals surface area contributed by atoms with Crippen LogP contribution in [0.1, 0.15) is 12.1 Å². The third-order valence-electron chi connectivity index (χ3n) is 2.50. The fourth-order valence-corrected chi connectivity index (χ4v) is 1.68. The zero-order valence-corrected chi connectivity index (χ0v) is 8.50. The number of rotatable bonds is 3. The van der Waals surface area contributed by atoms with Crippen molar-refractivity contribution in [1.29, 1.82) is 5.26 Å². The van der Waals surface area contributed by atoms with Crippen molar-refractivity contribution < 1.29 is 9.90 Å². The van der Waals surface area contributed by atoms with E-state index in [-0.39, 0.29) is 18.0 Å². The van der Waals surface area contributed by atoms with Crippen LogP contribution in [0, 0.1) is 17.2 Å². The molecule has 0 radical (unpaired) electrons. The van der Waals surface area contributed by atoms with Gasteiger partial charge in [0.05, 0.1) is 18.8 Å². The highest BCUT2D eigenvalue weighted by Crippen LogP contribution is 2.23. The van der Waals surface area contributed by atoms with Crippen LogP contribution in [0.4, 0.5) is 5.82 Å². The molecule has 1 aliphatic rings. The number of carboxylic acid groups (broad SMARTS) is 1. The van der Waals surface area contributed by atoms with Crippen LogP contribution in [0.3, 0.4) is 0 Å². The van der Waals surface area contributed by atoms with Gasteiger partial charge in [-0.05, 0) is 0 Å². The Morgan fingerprint density at radius 2 is 2.31 bits per heavy atom. The van der Waals surface area contributed by atoms with Gasteiger partial charge in [0, 0.05) is 19.0 Å². The predicted octanol–water partition coefficient (Wildman–Crippen LogP) is 0.259. The van der Waals surface area contributed by atoms with Crippen molar-refractivity contribution >= 4 is 11.8 Å². The first-order valence-electron chi connectivity index (χ1n) is 4.88. The van der Waals surface area contributed by atoms with Crippen LogP contribution in [0.2, 0.25) is 0 Å². The quantitative estimate of drug-likeness (QED) is 0.782. The molecular formula is C10H10N4O2. The minimum absolute atomic E-state index is 0.190. The average Bonchev–Trinajstić information content (AvgIpc) is 2.23. The standard InChI is InChI=1S/C10H10N4O2/c11-2-8-3-13-9(4-12-8)14-5-7(6-14)1-10(15)16/h3-4,7H,1,5-6H2,(H,15,16). The van der Waals surface area contributed by atoms with Gasteiger partial charge >= 0.3 is 5.97 Å². The van der Waals surface area contributed by atoms with Crippen LogP contribution in [0.5, 0.6) is 0 Å². The molecule has 82 valence electrons. The second-order valence-corrected chi connectivity index (χ2v) is 3.74. The lowest BCUT2D eigenvalue weighted by Gasteiger charge is -2.39. The molecule has 0 bridgehead atoms. The number of carboxylic acids is 1. The number of hydrogen-bond acceptors (Lipinski definition) is 5. The van der Waals surface area contributed by atoms with Crippen molar-refractivity contribution in [2.75, 3.05) is 18.0 Å². The van der Waals surface area contributed by atoms with Crippen molar-refractivity contribution in [3.63, 3.8) is 0 Å². The number of carbonyl (C=O) groups is 1. The van der Waals surface area contributed by atoms with Crippen molar-refractivity contribution in [2.24, 2.45) is 5.92 Å². The predicted molar refractivity (Wildman–Crippen MR) is 54.7 cm³/mol. The summed E-state index contributed by atoms with van der Waals surface area (Å²) in [5, 5.41) is 17.1. The highest BCUT2D eigenvalue weighted by molar-refractivity contribution is 5.67. The first-order chi connectivity index (χ1) is 7.69. The fraction of sp³-hybridized carbons (Fsp3) is 0.400. The first-order valence-corrected chi connectivity index (χ1v) is 4.88. The van der Waals surface area contributed by atoms with Crippen molar-refractivity contribution in [1.82, 2.24) is 9.97 Å². The molecule has 1 N–H and O–H groups in total. The summed E-state index contributed by atoms with van der Waals surface area (Å²) in [4.78, 5) is 20.4. The Balaban J connectivity index is 1.91. The van der Waals surface area contributed by atoms with Crippen LogP contribution in [0.25, 0.3) is 0 Å². The lowest BCUT2D eigenvalue weighted by molar-refractivity contribution is -0.138. The molecule has 0 spiro atoms. The molecule has 1 aromatic heterocycles. The van der Waals surface area contributed by atoms with Crippen molar-refractivity contribution in [3.8, 4) is 6.07 Å². The van der Waals surface area contributed by atoms with Gasteiger partial charge in [0.1, 0.15) is 11.9 Å². The number of aliphatic carboxylic acids is 1. The lowest BCUT2D eigenvalue weighted by atomic mass is 9.97. The number of hydrogen-bond donors (Lipinski definition) is 1. The minimum atomic E-state index is -0.768. The molecule has 1 fully saturated rings. The summed E-state index contributed by atoms with van der Waals surface area (Å²) in [6.07, 6.45) is 3.15. The molecule has 1 aliphatic heterocycles. The topological polar surface area (TPSA) is 90.1 Å². The first kappa shape index (κ1) is 10.4. The van der Waals surface area contributed by atoms with E-state index in [9.17, 15) is 4.79 Å². The Labute approximate surface area is 92.2 Å². The molecule has 0 aromatic carbocycles. The van der Waals surface area contributed by atoms with Crippen LogP contribution in [-0.2, 0) is 4.79 Å². The van der Waals surface area contributed by atoms with E-state index >= 15 is 0 Å². The maximum Gasteiger partial charge on any atom is 0.303 e. The fourth-order valence-electron chi connectivity index (χ4n) is 1.68. The number of nitrogens with zero attached hydrogens (tertiary/aromatic N) is 4. The Morgan fingerprint density at radius 1 is 1.56 bits per heavy atom. The SMILES string of the molecule is N#Cc1cnc(N2CC(CC(=O)O)C2)cn1. The van der Waals surface area contributed by atoms with E-state index in [1.807, 2.05) is 11.0 Å². The molecule has 1 saturated heterocycles. The summed E-state index contributed by atoms with van der Waals surface area (Å²) in [6, 6.07) is 1.89. The van der Waals surface area contributed by atoms with Crippen molar-refractivity contribution in [3.05, 3.63) is 18.1 Å². The molecule has 0 amide bonds. The zero-order valence-electron chi connectivity index (χ0n) is 8.50. The van der Waals surface area contributed by atoms with Crippen LogP contribution in [0.15, 0.2) is 12.4 Å². The molecular weight excluding hydrogens is 208 g/mol. The summed E-state index contributed by atoms with van der Waals surface area (Å²) < 4.78 is 0. The van der Waals surface area contributed by atoms with Crippen LogP contribution >= 0.6 is 0 Å². The van der Waals surface area contributed by atoms with Gasteiger partial charge in [-0.25, -0.2) is 9.97 Å². The van der Waals surface area contributed by atoms with Crippen LogP contribution in [-0.4, -0.2) is 34.1 Å². The third kappa shape index (κ3) is 2.08. The van der Waals surface area contributed by atoms with Gasteiger partial charge in [0.25, 0.3) is 0 Å². The summed E-state index contributed by atoms with van der Waals surface area (Å²) in [5.41, 5.74) is 0.284. The van der Waals surface area contributed by atoms with E-state index in [4.69, 9.17) is 10.4 Å². The maximum absolute atomic E-state index is 10.4. The minimum Gasteiger partial charge on any atom is -0.481 e. The highest BCUT2D eigenvalue weighted by Gasteiger charge is 2.29. The Kier molecular flexibility index (Phi) is 2.68. The molecule has 0 aliphatic carbocycles. The Morgan fingerprint density at radius 3 is 2.81 bits per heavy atom. The van der Waals surface area contributed by atoms with Crippen LogP contribution < -0.4 is 4.90 Å². The molecule has 0 atom stereocenters. The summed E-state index contributed by atoms with van der Waals surface area (Å²) in [5.74, 6) is 0.117. The van der Waals surface area contributed by atoms with Crippen molar-refractivity contribution in [2.45, 2.75) is 6.42 Å². The average molecular weight is 218 g/mol. The lowest BCUT2D eigenvalue weighted by Crippen LogP contribution is -2.48. The van der Waals surface area contributed by atoms with E-state index in [1.165, 1.54) is 12.4 Å². The number of aromatic nitrogens is 2. The molecule has 2 rings (SSSR count). The summed E-state index contributed by atoms with van der Waals surface area (Å²) in [7, 11) is 0. The Bertz CT molecular complexity index is 431. The van der Waals surface area contributed by atoms with Gasteiger partial charge in [-0.3, -0.25) is 4.79 Å². The second kappa shape index (κ2) is 4.14. The molecule has 1 aromatic rings. The van der Waals surface area contributed by atoms with E-state index in [2.05, 4.69) is 9.97 Å². The molecule has 16 heavy (non-hydrogen) atoms. The largest absolute Gasteiger partial charge is 0.481 e. The molecule has 2 heterocycles. The van der Waals surface area contributed by atoms with E-state index in [1.54, 1.807) is 0 Å². The van der Waals surface area contributed by atoms with Gasteiger partial charge in [-0.15, -0.1) is 0 Å². The molecule has 0 unspecified atom stereocenters. The number of nitriles is 1. The van der Waals surface area contributed by atoms with E-state index in [0.29, 0.717) is 18.9 Å². The summed E-state index contributed by atoms with van der Waals surface area (Å²) >= 11 is 0. The molecule has 6 heteroatoms. The van der Waals surface area contributed by atoms with Gasteiger partial charge in [-0.1, -0.05) is 0 Å². The smallest absolute Gasteiger partial charge is 0.303 e. The normalized spacial score (nSPS) is 15.3. The van der Waals surface area contributed by atoms with Gasteiger partial charge < -0.3 is 10.0 Å². The third-order valence-corrected chi connectivity index (χ3v) is 2.50. The van der Waals surface area contributed by atoms with Gasteiger partial charge in [0.15, 0.2) is 5.69 Å². The highest BCUT2D eigenvalue weighted by atomic mass is 16.4. The van der Waals surface area contributed by atoms with Gasteiger partial charge in [-0.2, -0.15) is 5.26 Å². The number of anilines is 1. The second-order valence-electron chi connectivity index (χ2n) is 3.74. The zero-order chi connectivity index (χ0) is 11.5. The molecule has 6 nitrogen and oxygen atoms in total. The summed E-state index contributed by atoms with van der Waals surface area (Å²) in [6.45, 7) is 1.37. The monoisotopic (exact) mass is 218 g/mol. The van der Waals surface area contributed by atoms with E-state index in [0.717, 1.165) is 0 Å². The molecule has 0 saturated carbocycles. The Hall–Kier alpha value is -2.16. The maximum atomic E-state index is 10.4. The van der Waals surface area contributed by atoms with E-state index < -0.39 is 5.97 Å². The van der Waals surface area contributed by atoms with Gasteiger partial charge in [0.2, 0.25) is 0 Å².